The number of benzene rings is 1. The fraction of sp³-hybridized carbons (Fsp3) is 0.250. The maximum Gasteiger partial charge on any atom is 0.323 e. The highest BCUT2D eigenvalue weighted by molar-refractivity contribution is 5.75. The number of nitrogens with zero attached hydrogens (tertiary/aromatic N) is 1. The molecule has 1 aromatic carbocycles. The van der Waals surface area contributed by atoms with Gasteiger partial charge in [-0.1, -0.05) is 18.2 Å². The molecule has 0 radical (unpaired) electrons. The third-order valence-electron chi connectivity index (χ3n) is 3.08. The number of halogens is 1. The minimum atomic E-state index is -0.748. The number of hydrogen-bond acceptors (Lipinski definition) is 5. The molecule has 1 aromatic heterocycles. The van der Waals surface area contributed by atoms with Crippen LogP contribution in [0.15, 0.2) is 42.6 Å². The van der Waals surface area contributed by atoms with Crippen LogP contribution in [-0.2, 0) is 22.6 Å². The molecule has 0 saturated carbocycles. The maximum atomic E-state index is 13.5. The lowest BCUT2D eigenvalue weighted by molar-refractivity contribution is -0.142. The van der Waals surface area contributed by atoms with Crippen LogP contribution < -0.4 is 10.5 Å². The van der Waals surface area contributed by atoms with Crippen molar-refractivity contribution in [2.75, 3.05) is 7.11 Å². The van der Waals surface area contributed by atoms with E-state index in [1.54, 1.807) is 30.3 Å². The molecule has 1 atom stereocenters. The molecule has 0 saturated heterocycles. The lowest BCUT2D eigenvalue weighted by Gasteiger charge is -2.10. The number of carbonyl (C=O) groups excluding carboxylic acids is 1. The quantitative estimate of drug-likeness (QED) is 0.824. The van der Waals surface area contributed by atoms with Crippen molar-refractivity contribution >= 4 is 5.97 Å². The summed E-state index contributed by atoms with van der Waals surface area (Å²) in [5, 5.41) is 0. The molecule has 5 nitrogen and oxygen atoms in total. The van der Waals surface area contributed by atoms with Crippen molar-refractivity contribution in [2.45, 2.75) is 19.1 Å². The van der Waals surface area contributed by atoms with E-state index in [2.05, 4.69) is 9.72 Å². The first kappa shape index (κ1) is 15.9. The number of carbonyl (C=O) groups is 1. The van der Waals surface area contributed by atoms with E-state index in [9.17, 15) is 9.18 Å². The summed E-state index contributed by atoms with van der Waals surface area (Å²) in [4.78, 5) is 15.4. The van der Waals surface area contributed by atoms with Crippen molar-refractivity contribution in [1.82, 2.24) is 4.98 Å². The first-order chi connectivity index (χ1) is 10.6. The smallest absolute Gasteiger partial charge is 0.323 e. The summed E-state index contributed by atoms with van der Waals surface area (Å²) in [7, 11) is 1.29. The highest BCUT2D eigenvalue weighted by Crippen LogP contribution is 2.14. The highest BCUT2D eigenvalue weighted by Gasteiger charge is 2.14. The van der Waals surface area contributed by atoms with Gasteiger partial charge >= 0.3 is 5.97 Å². The van der Waals surface area contributed by atoms with Gasteiger partial charge in [0, 0.05) is 17.7 Å². The molecule has 0 bridgehead atoms. The van der Waals surface area contributed by atoms with Gasteiger partial charge in [-0.05, 0) is 18.2 Å². The van der Waals surface area contributed by atoms with Crippen LogP contribution in [0.3, 0.4) is 0 Å². The van der Waals surface area contributed by atoms with Gasteiger partial charge in [-0.15, -0.1) is 0 Å². The maximum absolute atomic E-state index is 13.5. The number of ether oxygens (including phenoxy) is 2. The van der Waals surface area contributed by atoms with Crippen molar-refractivity contribution in [3.63, 3.8) is 0 Å². The monoisotopic (exact) mass is 304 g/mol. The summed E-state index contributed by atoms with van der Waals surface area (Å²) in [6.07, 6.45) is 1.79. The van der Waals surface area contributed by atoms with Crippen LogP contribution >= 0.6 is 0 Å². The summed E-state index contributed by atoms with van der Waals surface area (Å²) in [6.45, 7) is 0.120. The third-order valence-corrected chi connectivity index (χ3v) is 3.08. The zero-order valence-electron chi connectivity index (χ0n) is 12.2. The molecule has 116 valence electrons. The molecule has 0 aliphatic rings. The molecule has 0 aliphatic carbocycles. The first-order valence-electron chi connectivity index (χ1n) is 6.74. The van der Waals surface area contributed by atoms with Gasteiger partial charge in [0.15, 0.2) is 0 Å². The first-order valence-corrected chi connectivity index (χ1v) is 6.74. The van der Waals surface area contributed by atoms with Crippen LogP contribution in [0, 0.1) is 5.82 Å². The molecule has 0 aliphatic heterocycles. The van der Waals surface area contributed by atoms with Crippen molar-refractivity contribution in [2.24, 2.45) is 5.73 Å². The van der Waals surface area contributed by atoms with Gasteiger partial charge in [-0.2, -0.15) is 0 Å². The van der Waals surface area contributed by atoms with Crippen LogP contribution in [0.1, 0.15) is 11.3 Å². The minimum Gasteiger partial charge on any atom is -0.487 e. The molecular weight excluding hydrogens is 287 g/mol. The van der Waals surface area contributed by atoms with Gasteiger partial charge < -0.3 is 15.2 Å². The molecule has 2 rings (SSSR count). The fourth-order valence-electron chi connectivity index (χ4n) is 1.85. The Hall–Kier alpha value is -2.47. The number of pyridine rings is 1. The standard InChI is InChI=1S/C16H17FN2O3/c1-21-16(20)15(18)8-12-6-7-13(9-19-12)22-10-11-4-2-3-5-14(11)17/h2-7,9,15H,8,10,18H2,1H3/t15-/m0/s1. The molecule has 0 unspecified atom stereocenters. The Balaban J connectivity index is 1.92. The van der Waals surface area contributed by atoms with Crippen molar-refractivity contribution in [3.05, 3.63) is 59.7 Å². The molecule has 0 amide bonds. The Morgan fingerprint density at radius 2 is 2.09 bits per heavy atom. The van der Waals surface area contributed by atoms with E-state index in [0.29, 0.717) is 17.0 Å². The summed E-state index contributed by atoms with van der Waals surface area (Å²) in [5.74, 6) is -0.281. The molecule has 2 N–H and O–H groups in total. The summed E-state index contributed by atoms with van der Waals surface area (Å²) in [5.41, 5.74) is 6.78. The third kappa shape index (κ3) is 4.26. The van der Waals surface area contributed by atoms with Gasteiger partial charge in [0.1, 0.15) is 24.2 Å². The van der Waals surface area contributed by atoms with Gasteiger partial charge in [0.25, 0.3) is 0 Å². The predicted molar refractivity (Wildman–Crippen MR) is 78.7 cm³/mol. The fourth-order valence-corrected chi connectivity index (χ4v) is 1.85. The largest absolute Gasteiger partial charge is 0.487 e. The average Bonchev–Trinajstić information content (AvgIpc) is 2.54. The van der Waals surface area contributed by atoms with Crippen LogP contribution in [0.5, 0.6) is 5.75 Å². The Bertz CT molecular complexity index is 632. The second kappa shape index (κ2) is 7.51. The predicted octanol–water partition coefficient (Wildman–Crippen LogP) is 1.84. The molecule has 22 heavy (non-hydrogen) atoms. The molecular formula is C16H17FN2O3. The van der Waals surface area contributed by atoms with Crippen molar-refractivity contribution in [3.8, 4) is 5.75 Å². The number of rotatable bonds is 6. The number of methoxy groups -OCH3 is 1. The van der Waals surface area contributed by atoms with Crippen LogP contribution in [0.4, 0.5) is 4.39 Å². The van der Waals surface area contributed by atoms with Gasteiger partial charge in [-0.3, -0.25) is 9.78 Å². The molecule has 0 fully saturated rings. The van der Waals surface area contributed by atoms with E-state index >= 15 is 0 Å². The topological polar surface area (TPSA) is 74.4 Å². The molecule has 1 heterocycles. The average molecular weight is 304 g/mol. The van der Waals surface area contributed by atoms with Crippen LogP contribution in [0.2, 0.25) is 0 Å². The van der Waals surface area contributed by atoms with Crippen LogP contribution in [0.25, 0.3) is 0 Å². The van der Waals surface area contributed by atoms with E-state index in [-0.39, 0.29) is 18.8 Å². The Labute approximate surface area is 127 Å². The highest BCUT2D eigenvalue weighted by atomic mass is 19.1. The second-order valence-electron chi connectivity index (χ2n) is 4.70. The Morgan fingerprint density at radius 3 is 2.73 bits per heavy atom. The van der Waals surface area contributed by atoms with Gasteiger partial charge in [0.2, 0.25) is 0 Å². The molecule has 0 spiro atoms. The summed E-state index contributed by atoms with van der Waals surface area (Å²) in [6, 6.07) is 9.08. The lowest BCUT2D eigenvalue weighted by Crippen LogP contribution is -2.33. The Morgan fingerprint density at radius 1 is 1.32 bits per heavy atom. The summed E-state index contributed by atoms with van der Waals surface area (Å²) < 4.78 is 23.5. The Kier molecular flexibility index (Phi) is 5.43. The van der Waals surface area contributed by atoms with E-state index in [1.807, 2.05) is 0 Å². The second-order valence-corrected chi connectivity index (χ2v) is 4.70. The normalized spacial score (nSPS) is 11.8. The van der Waals surface area contributed by atoms with E-state index in [1.165, 1.54) is 19.4 Å². The number of aromatic nitrogens is 1. The number of esters is 1. The van der Waals surface area contributed by atoms with Gasteiger partial charge in [-0.25, -0.2) is 4.39 Å². The minimum absolute atomic E-state index is 0.120. The SMILES string of the molecule is COC(=O)[C@@H](N)Cc1ccc(OCc2ccccc2F)cn1. The van der Waals surface area contributed by atoms with E-state index in [4.69, 9.17) is 10.5 Å². The zero-order chi connectivity index (χ0) is 15.9. The van der Waals surface area contributed by atoms with Crippen LogP contribution in [-0.4, -0.2) is 24.1 Å². The van der Waals surface area contributed by atoms with E-state index < -0.39 is 12.0 Å². The number of nitrogens with two attached hydrogens (primary N) is 1. The molecule has 6 heteroatoms. The van der Waals surface area contributed by atoms with Crippen molar-refractivity contribution < 1.29 is 18.7 Å². The zero-order valence-corrected chi connectivity index (χ0v) is 12.2. The van der Waals surface area contributed by atoms with Gasteiger partial charge in [0.05, 0.1) is 13.3 Å². The lowest BCUT2D eigenvalue weighted by atomic mass is 10.1. The van der Waals surface area contributed by atoms with Crippen molar-refractivity contribution in [1.29, 1.82) is 0 Å². The summed E-state index contributed by atoms with van der Waals surface area (Å²) >= 11 is 0. The number of hydrogen-bond donors (Lipinski definition) is 1. The van der Waals surface area contributed by atoms with E-state index in [0.717, 1.165) is 0 Å². The molecule has 2 aromatic rings.